The Labute approximate surface area is 336 Å². The van der Waals surface area contributed by atoms with Gasteiger partial charge in [0.1, 0.15) is 23.5 Å². The number of benzene rings is 2. The van der Waals surface area contributed by atoms with Gasteiger partial charge in [0.15, 0.2) is 31.2 Å². The average molecular weight is 804 g/mol. The lowest BCUT2D eigenvalue weighted by molar-refractivity contribution is -0.162. The fraction of sp³-hybridized carbons (Fsp3) is 0.558. The van der Waals surface area contributed by atoms with E-state index in [2.05, 4.69) is 5.16 Å². The molecule has 0 bridgehead atoms. The molecule has 1 saturated carbocycles. The number of rotatable bonds is 10. The first kappa shape index (κ1) is 42.2. The maximum atomic E-state index is 16.1. The van der Waals surface area contributed by atoms with Crippen LogP contribution in [0.5, 0.6) is 11.6 Å². The maximum Gasteiger partial charge on any atom is 0.514 e. The van der Waals surface area contributed by atoms with Crippen LogP contribution in [0.3, 0.4) is 0 Å². The van der Waals surface area contributed by atoms with Gasteiger partial charge >= 0.3 is 6.16 Å². The minimum absolute atomic E-state index is 0.0221. The third kappa shape index (κ3) is 7.23. The summed E-state index contributed by atoms with van der Waals surface area (Å²) in [6, 6.07) is 12.1. The molecule has 3 aromatic rings. The van der Waals surface area contributed by atoms with Gasteiger partial charge in [0, 0.05) is 38.2 Å². The highest BCUT2D eigenvalue weighted by Gasteiger charge is 2.73. The van der Waals surface area contributed by atoms with Gasteiger partial charge in [0.25, 0.3) is 5.88 Å². The van der Waals surface area contributed by atoms with Crippen molar-refractivity contribution >= 4 is 37.5 Å². The second-order valence-electron chi connectivity index (χ2n) is 18.7. The van der Waals surface area contributed by atoms with Crippen molar-refractivity contribution in [3.05, 3.63) is 70.5 Å². The summed E-state index contributed by atoms with van der Waals surface area (Å²) in [5.74, 6) is -3.93. The molecule has 14 heteroatoms. The van der Waals surface area contributed by atoms with E-state index in [4.69, 9.17) is 27.9 Å². The number of aromatic nitrogens is 1. The Morgan fingerprint density at radius 3 is 2.21 bits per heavy atom. The number of hydrogen-bond donors (Lipinski definition) is 0. The zero-order valence-electron chi connectivity index (χ0n) is 35.5. The van der Waals surface area contributed by atoms with Crippen LogP contribution in [0.2, 0.25) is 18.1 Å². The van der Waals surface area contributed by atoms with Crippen molar-refractivity contribution in [3.8, 4) is 11.6 Å². The second kappa shape index (κ2) is 14.8. The quantitative estimate of drug-likeness (QED) is 0.0865. The number of carbonyl (C=O) groups is 4. The number of methoxy groups -OCH3 is 1. The molecule has 308 valence electrons. The van der Waals surface area contributed by atoms with E-state index in [1.54, 1.807) is 40.0 Å². The number of carbonyl (C=O) groups excluding carboxylic acids is 4. The Balaban J connectivity index is 1.59. The van der Waals surface area contributed by atoms with Crippen molar-refractivity contribution in [3.63, 3.8) is 0 Å². The van der Waals surface area contributed by atoms with Crippen LogP contribution in [0, 0.1) is 17.3 Å². The first-order valence-electron chi connectivity index (χ1n) is 19.4. The van der Waals surface area contributed by atoms with E-state index in [-0.39, 0.29) is 54.6 Å². The molecule has 1 unspecified atom stereocenters. The van der Waals surface area contributed by atoms with E-state index in [9.17, 15) is 4.79 Å². The predicted octanol–water partition coefficient (Wildman–Crippen LogP) is 7.47. The van der Waals surface area contributed by atoms with Gasteiger partial charge in [-0.25, -0.2) is 4.79 Å². The molecule has 0 saturated heterocycles. The van der Waals surface area contributed by atoms with Crippen molar-refractivity contribution in [2.24, 2.45) is 17.3 Å². The molecule has 0 N–H and O–H groups in total. The number of ketones is 3. The zero-order valence-corrected chi connectivity index (χ0v) is 36.5. The lowest BCUT2D eigenvalue weighted by Crippen LogP contribution is -2.73. The van der Waals surface area contributed by atoms with Crippen molar-refractivity contribution in [2.45, 2.75) is 96.4 Å². The van der Waals surface area contributed by atoms with Crippen LogP contribution in [0.4, 0.5) is 10.5 Å². The molecular weight excluding hydrogens is 747 g/mol. The molecule has 1 aromatic heterocycles. The Hall–Kier alpha value is -4.37. The van der Waals surface area contributed by atoms with E-state index in [0.29, 0.717) is 11.3 Å². The van der Waals surface area contributed by atoms with Crippen molar-refractivity contribution in [1.82, 2.24) is 10.1 Å². The monoisotopic (exact) mass is 803 g/mol. The lowest BCUT2D eigenvalue weighted by Gasteiger charge is -2.59. The minimum Gasteiger partial charge on any atom is -0.470 e. The van der Waals surface area contributed by atoms with E-state index >= 15 is 14.4 Å². The third-order valence-corrected chi connectivity index (χ3v) is 16.5. The molecule has 1 fully saturated rings. The number of Topliss-reactive ketones (excluding diaryl/α,β-unsaturated/α-hetero) is 3. The van der Waals surface area contributed by atoms with Gasteiger partial charge < -0.3 is 32.8 Å². The molecule has 5 atom stereocenters. The summed E-state index contributed by atoms with van der Waals surface area (Å²) in [5.41, 5.74) is -1.86. The molecular formula is C43H57N3O10Si. The fourth-order valence-electron chi connectivity index (χ4n) is 8.68. The molecule has 0 spiro atoms. The van der Waals surface area contributed by atoms with Crippen molar-refractivity contribution in [1.29, 1.82) is 0 Å². The Morgan fingerprint density at radius 2 is 1.63 bits per heavy atom. The largest absolute Gasteiger partial charge is 0.514 e. The van der Waals surface area contributed by atoms with Crippen LogP contribution in [0.25, 0.3) is 0 Å². The van der Waals surface area contributed by atoms with Crippen molar-refractivity contribution < 1.29 is 47.1 Å². The van der Waals surface area contributed by atoms with Crippen LogP contribution in [0.1, 0.15) is 91.6 Å². The molecule has 0 radical (unpaired) electrons. The summed E-state index contributed by atoms with van der Waals surface area (Å²) < 4.78 is 36.7. The molecule has 0 aliphatic heterocycles. The van der Waals surface area contributed by atoms with Gasteiger partial charge in [0.05, 0.1) is 24.1 Å². The smallest absolute Gasteiger partial charge is 0.470 e. The Bertz CT molecular complexity index is 2060. The predicted molar refractivity (Wildman–Crippen MR) is 216 cm³/mol. The number of anilines is 1. The summed E-state index contributed by atoms with van der Waals surface area (Å²) in [7, 11) is 5.98. The molecule has 1 heterocycles. The summed E-state index contributed by atoms with van der Waals surface area (Å²) in [5, 5.41) is 3.84. The van der Waals surface area contributed by atoms with E-state index < -0.39 is 71.4 Å². The number of hydrogen-bond acceptors (Lipinski definition) is 13. The number of nitrogens with zero attached hydrogens (tertiary/aromatic N) is 3. The van der Waals surface area contributed by atoms with Crippen LogP contribution in [-0.2, 0) is 31.7 Å². The molecule has 2 aromatic carbocycles. The number of fused-ring (bicyclic) bond motifs is 4. The van der Waals surface area contributed by atoms with Gasteiger partial charge in [-0.2, -0.15) is 0 Å². The maximum absolute atomic E-state index is 16.1. The SMILES string of the molecule is COC[C@@]12Cc3c(N(C)C)ccc(OC(=O)OC(C)(C)C)c3C(=O)C1C(=O)[C@]1(O[Si](C)(C)C(C)(C)C)C(=O)c3c(OCc4ccccc4)noc3[C@@H](N(C)C)[C@@H]1C2. The third-order valence-electron chi connectivity index (χ3n) is 12.1. The van der Waals surface area contributed by atoms with E-state index in [1.807, 2.05) is 102 Å². The first-order valence-corrected chi connectivity index (χ1v) is 22.3. The first-order chi connectivity index (χ1) is 26.5. The number of ether oxygens (including phenoxy) is 4. The average Bonchev–Trinajstić information content (AvgIpc) is 3.51. The molecule has 57 heavy (non-hydrogen) atoms. The highest BCUT2D eigenvalue weighted by atomic mass is 28.4. The molecule has 3 aliphatic rings. The molecule has 0 amide bonds. The Kier molecular flexibility index (Phi) is 11.0. The summed E-state index contributed by atoms with van der Waals surface area (Å²) in [6.45, 7) is 15.3. The Morgan fingerprint density at radius 1 is 0.965 bits per heavy atom. The molecule has 13 nitrogen and oxygen atoms in total. The van der Waals surface area contributed by atoms with Crippen LogP contribution in [-0.4, -0.2) is 95.0 Å². The standard InChI is InChI=1S/C43H57N3O10Si/c1-40(2,3)54-39(50)53-29-20-19-28(45(7)8)26-21-42(24-51-11)22-27-33(46(9)10)35-31(38(44-55-35)52-23-25-17-15-14-16-18-25)36(48)43(27,56-57(12,13)41(4,5)6)37(49)32(42)34(47)30(26)29/h14-20,27,32-33H,21-24H2,1-13H3/t27-,32?,33-,42-,43+/m0/s1. The highest BCUT2D eigenvalue weighted by Crippen LogP contribution is 2.62. The van der Waals surface area contributed by atoms with Gasteiger partial charge in [-0.1, -0.05) is 51.1 Å². The van der Waals surface area contributed by atoms with Gasteiger partial charge in [0.2, 0.25) is 5.78 Å². The van der Waals surface area contributed by atoms with E-state index in [0.717, 1.165) is 5.56 Å². The van der Waals surface area contributed by atoms with Crippen LogP contribution < -0.4 is 14.4 Å². The van der Waals surface area contributed by atoms with Crippen LogP contribution >= 0.6 is 0 Å². The van der Waals surface area contributed by atoms with Gasteiger partial charge in [-0.3, -0.25) is 19.3 Å². The normalized spacial score (nSPS) is 24.7. The zero-order chi connectivity index (χ0) is 42.0. The summed E-state index contributed by atoms with van der Waals surface area (Å²) in [4.78, 5) is 64.2. The van der Waals surface area contributed by atoms with E-state index in [1.165, 1.54) is 0 Å². The lowest BCUT2D eigenvalue weighted by atomic mass is 9.48. The summed E-state index contributed by atoms with van der Waals surface area (Å²) >= 11 is 0. The second-order valence-corrected chi connectivity index (χ2v) is 23.4. The van der Waals surface area contributed by atoms with Gasteiger partial charge in [-0.05, 0) is 94.3 Å². The topological polar surface area (TPSA) is 147 Å². The minimum atomic E-state index is -3.01. The van der Waals surface area contributed by atoms with Crippen LogP contribution in [0.15, 0.2) is 47.0 Å². The molecule has 6 rings (SSSR count). The van der Waals surface area contributed by atoms with Crippen molar-refractivity contribution in [2.75, 3.05) is 46.8 Å². The van der Waals surface area contributed by atoms with Gasteiger partial charge in [-0.15, -0.1) is 0 Å². The molecule has 3 aliphatic carbocycles. The highest BCUT2D eigenvalue weighted by molar-refractivity contribution is 6.74. The summed E-state index contributed by atoms with van der Waals surface area (Å²) in [6.07, 6.45) is -0.612. The fourth-order valence-corrected chi connectivity index (χ4v) is 10.1.